The van der Waals surface area contributed by atoms with Crippen LogP contribution in [0.15, 0.2) is 30.5 Å². The maximum absolute atomic E-state index is 13.6. The van der Waals surface area contributed by atoms with Crippen LogP contribution in [-0.2, 0) is 12.0 Å². The normalized spacial score (nSPS) is 23.6. The molecule has 0 saturated carbocycles. The Hall–Kier alpha value is -1.34. The third kappa shape index (κ3) is 5.84. The summed E-state index contributed by atoms with van der Waals surface area (Å²) in [5.74, 6) is 0. The number of hydrogen-bond donors (Lipinski definition) is 0. The molecule has 1 atom stereocenters. The fourth-order valence-electron chi connectivity index (χ4n) is 5.62. The van der Waals surface area contributed by atoms with Gasteiger partial charge in [0.05, 0.1) is 0 Å². The summed E-state index contributed by atoms with van der Waals surface area (Å²) in [6.45, 7) is 19.3. The van der Waals surface area contributed by atoms with Crippen LogP contribution in [0.2, 0.25) is 0 Å². The minimum Gasteiger partial charge on any atom is -0.300 e. The van der Waals surface area contributed by atoms with Gasteiger partial charge in [-0.25, -0.2) is 0 Å². The zero-order valence-corrected chi connectivity index (χ0v) is 21.9. The lowest BCUT2D eigenvalue weighted by Gasteiger charge is -2.43. The van der Waals surface area contributed by atoms with Crippen molar-refractivity contribution in [3.05, 3.63) is 51.7 Å². The van der Waals surface area contributed by atoms with Crippen LogP contribution in [0.3, 0.4) is 0 Å². The largest absolute Gasteiger partial charge is 0.300 e. The molecule has 0 N–H and O–H groups in total. The Morgan fingerprint density at radius 3 is 2.45 bits per heavy atom. The van der Waals surface area contributed by atoms with Crippen LogP contribution in [-0.4, -0.2) is 71.5 Å². The van der Waals surface area contributed by atoms with Crippen molar-refractivity contribution in [2.24, 2.45) is 5.41 Å². The van der Waals surface area contributed by atoms with Crippen molar-refractivity contribution in [2.75, 3.05) is 45.8 Å². The van der Waals surface area contributed by atoms with Crippen molar-refractivity contribution >= 4 is 11.3 Å². The average molecular weight is 473 g/mol. The summed E-state index contributed by atoms with van der Waals surface area (Å²) in [6.07, 6.45) is 5.35. The second-order valence-corrected chi connectivity index (χ2v) is 12.1. The Morgan fingerprint density at radius 2 is 1.85 bits per heavy atom. The van der Waals surface area contributed by atoms with Crippen LogP contribution in [0, 0.1) is 17.5 Å². The van der Waals surface area contributed by atoms with Crippen LogP contribution in [0.4, 0.5) is 4.39 Å². The Morgan fingerprint density at radius 1 is 1.09 bits per heavy atom. The third-order valence-corrected chi connectivity index (χ3v) is 9.01. The van der Waals surface area contributed by atoms with Gasteiger partial charge in [-0.1, -0.05) is 6.07 Å². The smallest absolute Gasteiger partial charge is 0.176 e. The molecule has 2 aromatic heterocycles. The number of thiophene rings is 1. The van der Waals surface area contributed by atoms with Gasteiger partial charge in [0.15, 0.2) is 5.13 Å². The molecule has 6 heteroatoms. The molecule has 0 amide bonds. The Bertz CT molecular complexity index is 901. The van der Waals surface area contributed by atoms with Gasteiger partial charge in [0.25, 0.3) is 0 Å². The molecule has 1 unspecified atom stereocenters. The quantitative estimate of drug-likeness (QED) is 0.528. The van der Waals surface area contributed by atoms with E-state index in [1.807, 2.05) is 13.0 Å². The molecule has 2 aliphatic rings. The number of aryl methyl sites for hydroxylation is 2. The van der Waals surface area contributed by atoms with Crippen molar-refractivity contribution < 1.29 is 4.39 Å². The SMILES string of the molecule is Cc1ccc(C(C)(C)N2CCC(CCc3ccc(F)s3)(CN3CCN(C(C)C)CC3)C2)cn1. The van der Waals surface area contributed by atoms with Crippen LogP contribution in [0.1, 0.15) is 56.7 Å². The van der Waals surface area contributed by atoms with Gasteiger partial charge < -0.3 is 4.90 Å². The summed E-state index contributed by atoms with van der Waals surface area (Å²) in [6, 6.07) is 8.58. The standard InChI is InChI=1S/C27H41FN4S/c1-21(2)31-16-14-30(15-17-31)19-27(11-10-24-8-9-25(28)33-24)12-13-32(20-27)26(4,5)23-7-6-22(3)29-18-23/h6-9,18,21H,10-17,19-20H2,1-5H3. The van der Waals surface area contributed by atoms with E-state index in [4.69, 9.17) is 0 Å². The first kappa shape index (κ1) is 24.8. The first-order chi connectivity index (χ1) is 15.7. The van der Waals surface area contributed by atoms with E-state index in [2.05, 4.69) is 65.7 Å². The molecule has 0 aromatic carbocycles. The summed E-state index contributed by atoms with van der Waals surface area (Å²) in [7, 11) is 0. The highest BCUT2D eigenvalue weighted by atomic mass is 32.1. The van der Waals surface area contributed by atoms with E-state index in [9.17, 15) is 4.39 Å². The van der Waals surface area contributed by atoms with Gasteiger partial charge in [-0.2, -0.15) is 4.39 Å². The van der Waals surface area contributed by atoms with E-state index in [1.165, 1.54) is 28.2 Å². The van der Waals surface area contributed by atoms with Crippen molar-refractivity contribution in [2.45, 2.75) is 65.5 Å². The molecule has 2 aliphatic heterocycles. The first-order valence-electron chi connectivity index (χ1n) is 12.6. The van der Waals surface area contributed by atoms with Crippen molar-refractivity contribution in [3.8, 4) is 0 Å². The molecule has 2 saturated heterocycles. The number of aromatic nitrogens is 1. The predicted octanol–water partition coefficient (Wildman–Crippen LogP) is 5.18. The molecule has 2 aromatic rings. The number of likely N-dealkylation sites (tertiary alicyclic amines) is 1. The van der Waals surface area contributed by atoms with Crippen LogP contribution in [0.25, 0.3) is 0 Å². The summed E-state index contributed by atoms with van der Waals surface area (Å²) in [5.41, 5.74) is 2.55. The van der Waals surface area contributed by atoms with Crippen LogP contribution in [0.5, 0.6) is 0 Å². The highest BCUT2D eigenvalue weighted by Crippen LogP contribution is 2.42. The molecule has 0 bridgehead atoms. The zero-order valence-electron chi connectivity index (χ0n) is 21.1. The van der Waals surface area contributed by atoms with E-state index in [0.29, 0.717) is 6.04 Å². The van der Waals surface area contributed by atoms with E-state index in [1.54, 1.807) is 6.07 Å². The summed E-state index contributed by atoms with van der Waals surface area (Å²) in [4.78, 5) is 13.7. The number of piperazine rings is 1. The maximum Gasteiger partial charge on any atom is 0.176 e. The minimum atomic E-state index is -0.0649. The summed E-state index contributed by atoms with van der Waals surface area (Å²) >= 11 is 1.32. The van der Waals surface area contributed by atoms with Crippen molar-refractivity contribution in [1.29, 1.82) is 0 Å². The Kier molecular flexibility index (Phi) is 7.59. The van der Waals surface area contributed by atoms with E-state index >= 15 is 0 Å². The predicted molar refractivity (Wildman–Crippen MR) is 136 cm³/mol. The van der Waals surface area contributed by atoms with Gasteiger partial charge in [0.2, 0.25) is 0 Å². The zero-order chi connectivity index (χ0) is 23.6. The topological polar surface area (TPSA) is 22.6 Å². The van der Waals surface area contributed by atoms with Gasteiger partial charge in [-0.05, 0) is 89.6 Å². The van der Waals surface area contributed by atoms with Gasteiger partial charge >= 0.3 is 0 Å². The molecule has 33 heavy (non-hydrogen) atoms. The van der Waals surface area contributed by atoms with Crippen molar-refractivity contribution in [1.82, 2.24) is 19.7 Å². The van der Waals surface area contributed by atoms with Gasteiger partial charge in [0.1, 0.15) is 0 Å². The summed E-state index contributed by atoms with van der Waals surface area (Å²) < 4.78 is 13.6. The molecule has 4 nitrogen and oxygen atoms in total. The lowest BCUT2D eigenvalue weighted by Crippen LogP contribution is -2.52. The fourth-order valence-corrected chi connectivity index (χ4v) is 6.35. The maximum atomic E-state index is 13.6. The molecule has 4 rings (SSSR count). The number of hydrogen-bond acceptors (Lipinski definition) is 5. The second-order valence-electron chi connectivity index (χ2n) is 11.0. The van der Waals surface area contributed by atoms with E-state index < -0.39 is 0 Å². The fraction of sp³-hybridized carbons (Fsp3) is 0.667. The number of rotatable bonds is 8. The first-order valence-corrected chi connectivity index (χ1v) is 13.4. The lowest BCUT2D eigenvalue weighted by molar-refractivity contribution is 0.0595. The molecule has 0 radical (unpaired) electrons. The highest BCUT2D eigenvalue weighted by Gasteiger charge is 2.44. The van der Waals surface area contributed by atoms with E-state index in [-0.39, 0.29) is 16.1 Å². The molecule has 182 valence electrons. The molecule has 0 aliphatic carbocycles. The van der Waals surface area contributed by atoms with Crippen molar-refractivity contribution in [3.63, 3.8) is 0 Å². The number of pyridine rings is 1. The minimum absolute atomic E-state index is 0.0478. The monoisotopic (exact) mass is 472 g/mol. The molecular formula is C27H41FN4S. The number of halogens is 1. The third-order valence-electron chi connectivity index (χ3n) is 8.07. The van der Waals surface area contributed by atoms with E-state index in [0.717, 1.165) is 64.3 Å². The second kappa shape index (κ2) is 10.1. The van der Waals surface area contributed by atoms with Gasteiger partial charge in [-0.3, -0.25) is 14.8 Å². The highest BCUT2D eigenvalue weighted by molar-refractivity contribution is 7.10. The molecule has 4 heterocycles. The molecule has 0 spiro atoms. The Balaban J connectivity index is 1.48. The average Bonchev–Trinajstić information content (AvgIpc) is 3.40. The number of nitrogens with zero attached hydrogens (tertiary/aromatic N) is 4. The van der Waals surface area contributed by atoms with Crippen LogP contribution >= 0.6 is 11.3 Å². The molecular weight excluding hydrogens is 431 g/mol. The van der Waals surface area contributed by atoms with Crippen LogP contribution < -0.4 is 0 Å². The molecule has 2 fully saturated rings. The van der Waals surface area contributed by atoms with Gasteiger partial charge in [-0.15, -0.1) is 11.3 Å². The summed E-state index contributed by atoms with van der Waals surface area (Å²) in [5, 5.41) is -0.0649. The Labute approximate surface area is 203 Å². The van der Waals surface area contributed by atoms with Gasteiger partial charge in [0, 0.05) is 67.6 Å². The lowest BCUT2D eigenvalue weighted by atomic mass is 9.81.